The molecular formula is C22H32N4O2S2+2. The van der Waals surface area contributed by atoms with E-state index in [4.69, 9.17) is 0 Å². The second-order valence-electron chi connectivity index (χ2n) is 8.45. The molecule has 2 aliphatic rings. The van der Waals surface area contributed by atoms with Gasteiger partial charge in [0.2, 0.25) is 13.1 Å². The minimum atomic E-state index is 0.198. The number of nitrogens with zero attached hydrogens (tertiary/aromatic N) is 4. The summed E-state index contributed by atoms with van der Waals surface area (Å²) in [6.07, 6.45) is 4.42. The molecule has 2 aromatic rings. The Hall–Kier alpha value is -1.80. The molecule has 0 atom stereocenters. The molecule has 2 aromatic heterocycles. The van der Waals surface area contributed by atoms with E-state index in [1.165, 1.54) is 9.75 Å². The van der Waals surface area contributed by atoms with E-state index in [1.807, 2.05) is 9.80 Å². The Morgan fingerprint density at radius 3 is 1.37 bits per heavy atom. The van der Waals surface area contributed by atoms with Crippen LogP contribution in [-0.2, 0) is 22.7 Å². The van der Waals surface area contributed by atoms with Crippen LogP contribution in [-0.4, -0.2) is 47.8 Å². The number of hydrogen-bond acceptors (Lipinski definition) is 4. The van der Waals surface area contributed by atoms with E-state index < -0.39 is 0 Å². The molecule has 0 bridgehead atoms. The van der Waals surface area contributed by atoms with E-state index in [1.54, 1.807) is 22.7 Å². The molecular weight excluding hydrogens is 416 g/mol. The van der Waals surface area contributed by atoms with Crippen molar-refractivity contribution < 1.29 is 18.7 Å². The number of aromatic nitrogens is 2. The molecule has 2 aliphatic heterocycles. The molecule has 2 amide bonds. The predicted molar refractivity (Wildman–Crippen MR) is 119 cm³/mol. The molecule has 4 rings (SSSR count). The number of thiazole rings is 2. The number of rotatable bonds is 5. The van der Waals surface area contributed by atoms with Crippen molar-refractivity contribution in [3.8, 4) is 10.0 Å². The topological polar surface area (TPSA) is 48.4 Å². The molecule has 6 nitrogen and oxygen atoms in total. The first-order chi connectivity index (χ1) is 14.4. The van der Waals surface area contributed by atoms with Gasteiger partial charge in [-0.1, -0.05) is 22.7 Å². The zero-order chi connectivity index (χ0) is 21.4. The van der Waals surface area contributed by atoms with Crippen molar-refractivity contribution in [3.63, 3.8) is 0 Å². The van der Waals surface area contributed by atoms with Gasteiger partial charge in [-0.05, 0) is 39.5 Å². The summed E-state index contributed by atoms with van der Waals surface area (Å²) in [7, 11) is 0. The number of likely N-dealkylation sites (tertiary alicyclic amines) is 2. The average Bonchev–Trinajstić information content (AvgIpc) is 3.51. The van der Waals surface area contributed by atoms with Gasteiger partial charge in [0.15, 0.2) is 11.4 Å². The zero-order valence-electron chi connectivity index (χ0n) is 18.5. The minimum Gasteiger partial charge on any atom is -0.337 e. The Morgan fingerprint density at radius 2 is 1.03 bits per heavy atom. The summed E-state index contributed by atoms with van der Waals surface area (Å²) in [6, 6.07) is 0. The van der Waals surface area contributed by atoms with Crippen LogP contribution in [0.15, 0.2) is 0 Å². The van der Waals surface area contributed by atoms with Crippen LogP contribution in [0.4, 0.5) is 0 Å². The van der Waals surface area contributed by atoms with E-state index in [0.717, 1.165) is 73.3 Å². The Bertz CT molecular complexity index is 888. The minimum absolute atomic E-state index is 0.198. The fourth-order valence-electron chi connectivity index (χ4n) is 4.34. The van der Waals surface area contributed by atoms with Crippen molar-refractivity contribution in [1.29, 1.82) is 0 Å². The van der Waals surface area contributed by atoms with Crippen LogP contribution in [0.1, 0.15) is 46.8 Å². The third kappa shape index (κ3) is 4.04. The SMILES string of the molecule is Cc1sc(-c2sc(C)c(C)[n+]2CC(=O)N2CCCC2)[n+](CC(=O)N2CCCC2)c1C. The molecule has 8 heteroatoms. The summed E-state index contributed by atoms with van der Waals surface area (Å²) >= 11 is 3.46. The first-order valence-corrected chi connectivity index (χ1v) is 12.6. The van der Waals surface area contributed by atoms with Gasteiger partial charge in [0, 0.05) is 40.0 Å². The van der Waals surface area contributed by atoms with Gasteiger partial charge in [-0.2, -0.15) is 9.13 Å². The molecule has 30 heavy (non-hydrogen) atoms. The normalized spacial score (nSPS) is 16.7. The highest BCUT2D eigenvalue weighted by molar-refractivity contribution is 7.20. The second kappa shape index (κ2) is 8.75. The van der Waals surface area contributed by atoms with E-state index in [0.29, 0.717) is 13.1 Å². The van der Waals surface area contributed by atoms with Gasteiger partial charge in [0.1, 0.15) is 0 Å². The molecule has 4 heterocycles. The lowest BCUT2D eigenvalue weighted by Gasteiger charge is -2.13. The molecule has 0 N–H and O–H groups in total. The van der Waals surface area contributed by atoms with Crippen LogP contribution >= 0.6 is 22.7 Å². The van der Waals surface area contributed by atoms with Gasteiger partial charge in [-0.25, -0.2) is 0 Å². The van der Waals surface area contributed by atoms with Crippen molar-refractivity contribution in [2.45, 2.75) is 66.5 Å². The molecule has 162 valence electrons. The summed E-state index contributed by atoms with van der Waals surface area (Å²) in [6.45, 7) is 12.7. The smallest absolute Gasteiger partial charge is 0.337 e. The number of amides is 2. The Kier molecular flexibility index (Phi) is 6.25. The van der Waals surface area contributed by atoms with Crippen LogP contribution in [0, 0.1) is 27.7 Å². The summed E-state index contributed by atoms with van der Waals surface area (Å²) < 4.78 is 4.34. The van der Waals surface area contributed by atoms with E-state index >= 15 is 0 Å². The maximum absolute atomic E-state index is 12.9. The highest BCUT2D eigenvalue weighted by atomic mass is 32.1. The van der Waals surface area contributed by atoms with Gasteiger partial charge in [0.25, 0.3) is 11.8 Å². The third-order valence-electron chi connectivity index (χ3n) is 6.51. The lowest BCUT2D eigenvalue weighted by molar-refractivity contribution is -0.703. The van der Waals surface area contributed by atoms with Crippen LogP contribution in [0.25, 0.3) is 10.0 Å². The lowest BCUT2D eigenvalue weighted by Crippen LogP contribution is -2.50. The predicted octanol–water partition coefficient (Wildman–Crippen LogP) is 2.53. The van der Waals surface area contributed by atoms with Gasteiger partial charge >= 0.3 is 10.0 Å². The zero-order valence-corrected chi connectivity index (χ0v) is 20.1. The van der Waals surface area contributed by atoms with Crippen molar-refractivity contribution in [1.82, 2.24) is 9.80 Å². The van der Waals surface area contributed by atoms with Crippen molar-refractivity contribution in [2.75, 3.05) is 26.2 Å². The van der Waals surface area contributed by atoms with Crippen molar-refractivity contribution in [2.24, 2.45) is 0 Å². The number of carbonyl (C=O) groups excluding carboxylic acids is 2. The third-order valence-corrected chi connectivity index (χ3v) is 9.05. The number of aryl methyl sites for hydroxylation is 2. The van der Waals surface area contributed by atoms with Crippen molar-refractivity contribution >= 4 is 34.5 Å². The van der Waals surface area contributed by atoms with Gasteiger partial charge in [-0.3, -0.25) is 9.59 Å². The van der Waals surface area contributed by atoms with E-state index in [2.05, 4.69) is 36.8 Å². The first-order valence-electron chi connectivity index (χ1n) is 10.9. The largest absolute Gasteiger partial charge is 0.346 e. The molecule has 0 saturated carbocycles. The van der Waals surface area contributed by atoms with Crippen LogP contribution in [0.5, 0.6) is 0 Å². The second-order valence-corrected chi connectivity index (χ2v) is 10.9. The standard InChI is InChI=1S/C22H32N4O2S2/c1-15-17(3)29-21(25(15)13-19(27)23-9-5-6-10-23)22-26(16(2)18(4)30-22)14-20(28)24-11-7-8-12-24/h5-14H2,1-4H3/q+2. The van der Waals surface area contributed by atoms with Crippen molar-refractivity contribution in [3.05, 3.63) is 21.1 Å². The number of carbonyl (C=O) groups is 2. The lowest BCUT2D eigenvalue weighted by atomic mass is 10.3. The van der Waals surface area contributed by atoms with Crippen LogP contribution < -0.4 is 9.13 Å². The maximum atomic E-state index is 12.9. The summed E-state index contributed by atoms with van der Waals surface area (Å²) in [4.78, 5) is 32.2. The molecule has 0 radical (unpaired) electrons. The molecule has 0 spiro atoms. The Balaban J connectivity index is 1.68. The fourth-order valence-corrected chi connectivity index (χ4v) is 6.70. The fraction of sp³-hybridized carbons (Fsp3) is 0.636. The Labute approximate surface area is 186 Å². The van der Waals surface area contributed by atoms with Gasteiger partial charge in [0.05, 0.1) is 9.75 Å². The molecule has 0 aliphatic carbocycles. The summed E-state index contributed by atoms with van der Waals surface area (Å²) in [5.74, 6) is 0.397. The van der Waals surface area contributed by atoms with E-state index in [9.17, 15) is 9.59 Å². The Morgan fingerprint density at radius 1 is 0.700 bits per heavy atom. The quantitative estimate of drug-likeness (QED) is 0.660. The molecule has 0 aromatic carbocycles. The number of hydrogen-bond donors (Lipinski definition) is 0. The van der Waals surface area contributed by atoms with Gasteiger partial charge < -0.3 is 9.80 Å². The average molecular weight is 449 g/mol. The van der Waals surface area contributed by atoms with E-state index in [-0.39, 0.29) is 11.8 Å². The first kappa shape index (κ1) is 21.4. The highest BCUT2D eigenvalue weighted by Gasteiger charge is 2.37. The van der Waals surface area contributed by atoms with Crippen LogP contribution in [0.2, 0.25) is 0 Å². The molecule has 2 fully saturated rings. The highest BCUT2D eigenvalue weighted by Crippen LogP contribution is 2.30. The van der Waals surface area contributed by atoms with Gasteiger partial charge in [-0.15, -0.1) is 0 Å². The summed E-state index contributed by atoms with van der Waals surface area (Å²) in [5.41, 5.74) is 2.28. The monoisotopic (exact) mass is 448 g/mol. The maximum Gasteiger partial charge on any atom is 0.346 e. The summed E-state index contributed by atoms with van der Waals surface area (Å²) in [5, 5.41) is 2.18. The molecule has 2 saturated heterocycles. The van der Waals surface area contributed by atoms with Crippen LogP contribution in [0.3, 0.4) is 0 Å². The molecule has 0 unspecified atom stereocenters.